The fraction of sp³-hybridized carbons (Fsp3) is 0.222. The van der Waals surface area contributed by atoms with Crippen molar-refractivity contribution in [3.63, 3.8) is 0 Å². The molecule has 0 radical (unpaired) electrons. The second kappa shape index (κ2) is 10.2. The van der Waals surface area contributed by atoms with Gasteiger partial charge in [-0.2, -0.15) is 0 Å². The highest BCUT2D eigenvalue weighted by molar-refractivity contribution is 5.84. The Bertz CT molecular complexity index is 1250. The first-order valence-electron chi connectivity index (χ1n) is 10.9. The zero-order valence-electron chi connectivity index (χ0n) is 18.8. The van der Waals surface area contributed by atoms with Gasteiger partial charge in [-0.1, -0.05) is 60.2 Å². The van der Waals surface area contributed by atoms with Crippen molar-refractivity contribution in [1.82, 2.24) is 10.3 Å². The zero-order valence-corrected chi connectivity index (χ0v) is 18.8. The summed E-state index contributed by atoms with van der Waals surface area (Å²) in [5, 5.41) is 14.1. The van der Waals surface area contributed by atoms with Gasteiger partial charge in [-0.05, 0) is 30.2 Å². The number of para-hydroxylation sites is 2. The molecule has 0 aliphatic carbocycles. The second-order valence-corrected chi connectivity index (χ2v) is 8.06. The van der Waals surface area contributed by atoms with E-state index in [4.69, 9.17) is 9.47 Å². The Kier molecular flexibility index (Phi) is 6.95. The molecule has 6 heteroatoms. The molecule has 0 amide bonds. The third-order valence-electron chi connectivity index (χ3n) is 5.68. The third kappa shape index (κ3) is 5.35. The number of hydrogen-bond donors (Lipinski definition) is 3. The first-order valence-corrected chi connectivity index (χ1v) is 10.9. The fourth-order valence-corrected chi connectivity index (χ4v) is 3.98. The molecule has 0 aliphatic heterocycles. The van der Waals surface area contributed by atoms with Crippen molar-refractivity contribution in [2.45, 2.75) is 32.5 Å². The quantitative estimate of drug-likeness (QED) is 0.326. The van der Waals surface area contributed by atoms with E-state index in [0.29, 0.717) is 31.1 Å². The van der Waals surface area contributed by atoms with Crippen LogP contribution in [0.4, 0.5) is 0 Å². The number of carboxylic acids is 1. The largest absolute Gasteiger partial charge is 0.493 e. The molecule has 0 saturated carbocycles. The average molecular weight is 445 g/mol. The minimum absolute atomic E-state index is 0.333. The Morgan fingerprint density at radius 3 is 2.67 bits per heavy atom. The number of aryl methyl sites for hydroxylation is 1. The van der Waals surface area contributed by atoms with Crippen molar-refractivity contribution in [3.05, 3.63) is 95.2 Å². The van der Waals surface area contributed by atoms with Gasteiger partial charge >= 0.3 is 5.97 Å². The highest BCUT2D eigenvalue weighted by Gasteiger charge is 2.21. The predicted molar refractivity (Wildman–Crippen MR) is 129 cm³/mol. The lowest BCUT2D eigenvalue weighted by Crippen LogP contribution is -2.38. The molecule has 170 valence electrons. The molecule has 0 saturated heterocycles. The first kappa shape index (κ1) is 22.4. The fourth-order valence-electron chi connectivity index (χ4n) is 3.98. The van der Waals surface area contributed by atoms with E-state index < -0.39 is 12.0 Å². The van der Waals surface area contributed by atoms with Gasteiger partial charge in [-0.15, -0.1) is 0 Å². The van der Waals surface area contributed by atoms with E-state index in [-0.39, 0.29) is 0 Å². The van der Waals surface area contributed by atoms with Gasteiger partial charge in [0.1, 0.15) is 12.6 Å². The van der Waals surface area contributed by atoms with Crippen molar-refractivity contribution >= 4 is 16.9 Å². The number of methoxy groups -OCH3 is 1. The molecule has 3 N–H and O–H groups in total. The van der Waals surface area contributed by atoms with Crippen molar-refractivity contribution in [3.8, 4) is 11.5 Å². The van der Waals surface area contributed by atoms with Gasteiger partial charge < -0.3 is 19.6 Å². The maximum absolute atomic E-state index is 12.0. The minimum atomic E-state index is -0.898. The van der Waals surface area contributed by atoms with E-state index in [0.717, 1.165) is 27.6 Å². The molecule has 4 aromatic rings. The predicted octanol–water partition coefficient (Wildman–Crippen LogP) is 4.85. The van der Waals surface area contributed by atoms with Crippen molar-refractivity contribution in [1.29, 1.82) is 0 Å². The van der Waals surface area contributed by atoms with Gasteiger partial charge in [0, 0.05) is 35.6 Å². The molecule has 1 aromatic heterocycles. The summed E-state index contributed by atoms with van der Waals surface area (Å²) in [4.78, 5) is 15.2. The van der Waals surface area contributed by atoms with E-state index >= 15 is 0 Å². The topological polar surface area (TPSA) is 83.6 Å². The number of aromatic amines is 1. The number of aliphatic carboxylic acids is 1. The second-order valence-electron chi connectivity index (χ2n) is 8.06. The molecule has 1 unspecified atom stereocenters. The molecule has 1 heterocycles. The maximum Gasteiger partial charge on any atom is 0.321 e. The maximum atomic E-state index is 12.0. The van der Waals surface area contributed by atoms with E-state index in [1.807, 2.05) is 73.8 Å². The summed E-state index contributed by atoms with van der Waals surface area (Å²) in [5.74, 6) is 0.334. The zero-order chi connectivity index (χ0) is 23.2. The monoisotopic (exact) mass is 444 g/mol. The molecule has 3 aromatic carbocycles. The van der Waals surface area contributed by atoms with Gasteiger partial charge in [0.15, 0.2) is 11.5 Å². The Morgan fingerprint density at radius 2 is 1.88 bits per heavy atom. The van der Waals surface area contributed by atoms with Crippen LogP contribution in [0.15, 0.2) is 72.9 Å². The minimum Gasteiger partial charge on any atom is -0.493 e. The first-order chi connectivity index (χ1) is 16.0. The molecule has 0 aliphatic rings. The van der Waals surface area contributed by atoms with Crippen LogP contribution >= 0.6 is 0 Å². The van der Waals surface area contributed by atoms with Gasteiger partial charge in [0.25, 0.3) is 0 Å². The molecule has 4 rings (SSSR count). The number of fused-ring (bicyclic) bond motifs is 1. The molecule has 1 atom stereocenters. The molecule has 0 spiro atoms. The summed E-state index contributed by atoms with van der Waals surface area (Å²) in [6, 6.07) is 20.9. The number of benzene rings is 3. The van der Waals surface area contributed by atoms with Crippen LogP contribution in [0.2, 0.25) is 0 Å². The number of ether oxygens (including phenoxy) is 2. The molecule has 6 nitrogen and oxygen atoms in total. The van der Waals surface area contributed by atoms with Crippen LogP contribution in [0.1, 0.15) is 22.3 Å². The van der Waals surface area contributed by atoms with Crippen LogP contribution in [-0.2, 0) is 24.4 Å². The van der Waals surface area contributed by atoms with Crippen LogP contribution < -0.4 is 14.8 Å². The number of carbonyl (C=O) groups is 1. The van der Waals surface area contributed by atoms with Gasteiger partial charge in [-0.3, -0.25) is 10.1 Å². The molecule has 0 bridgehead atoms. The Morgan fingerprint density at radius 1 is 1.06 bits per heavy atom. The van der Waals surface area contributed by atoms with Crippen molar-refractivity contribution in [2.75, 3.05) is 7.11 Å². The van der Waals surface area contributed by atoms with Crippen molar-refractivity contribution in [2.24, 2.45) is 0 Å². The Balaban J connectivity index is 1.50. The number of carboxylic acid groups (broad SMARTS) is 1. The van der Waals surface area contributed by atoms with Crippen LogP contribution in [0.25, 0.3) is 10.9 Å². The average Bonchev–Trinajstić information content (AvgIpc) is 3.23. The summed E-state index contributed by atoms with van der Waals surface area (Å²) < 4.78 is 11.7. The molecule has 33 heavy (non-hydrogen) atoms. The highest BCUT2D eigenvalue weighted by atomic mass is 16.5. The van der Waals surface area contributed by atoms with E-state index in [2.05, 4.69) is 16.4 Å². The van der Waals surface area contributed by atoms with Gasteiger partial charge in [0.05, 0.1) is 7.11 Å². The van der Waals surface area contributed by atoms with E-state index in [1.54, 1.807) is 7.11 Å². The summed E-state index contributed by atoms with van der Waals surface area (Å²) in [6.07, 6.45) is 2.24. The molecular weight excluding hydrogens is 416 g/mol. The number of rotatable bonds is 10. The van der Waals surface area contributed by atoms with Gasteiger partial charge in [0.2, 0.25) is 0 Å². The van der Waals surface area contributed by atoms with Crippen LogP contribution in [0, 0.1) is 6.92 Å². The van der Waals surface area contributed by atoms with Crippen LogP contribution in [-0.4, -0.2) is 29.2 Å². The van der Waals surface area contributed by atoms with Crippen LogP contribution in [0.3, 0.4) is 0 Å². The lowest BCUT2D eigenvalue weighted by molar-refractivity contribution is -0.139. The number of H-pyrrole nitrogens is 1. The number of nitrogens with one attached hydrogen (secondary N) is 2. The summed E-state index contributed by atoms with van der Waals surface area (Å²) in [7, 11) is 1.60. The normalized spacial score (nSPS) is 11.9. The summed E-state index contributed by atoms with van der Waals surface area (Å²) >= 11 is 0. The third-order valence-corrected chi connectivity index (χ3v) is 5.68. The SMILES string of the molecule is COc1cccc(CNC(Cc2c[nH]c3ccccc23)C(=O)O)c1OCc1cccc(C)c1. The molecular formula is C27H28N2O4. The van der Waals surface area contributed by atoms with Crippen LogP contribution in [0.5, 0.6) is 11.5 Å². The van der Waals surface area contributed by atoms with Gasteiger partial charge in [-0.25, -0.2) is 0 Å². The highest BCUT2D eigenvalue weighted by Crippen LogP contribution is 2.32. The smallest absolute Gasteiger partial charge is 0.321 e. The van der Waals surface area contributed by atoms with Crippen molar-refractivity contribution < 1.29 is 19.4 Å². The van der Waals surface area contributed by atoms with E-state index in [9.17, 15) is 9.90 Å². The number of hydrogen-bond acceptors (Lipinski definition) is 4. The Hall–Kier alpha value is -3.77. The molecule has 0 fully saturated rings. The lowest BCUT2D eigenvalue weighted by atomic mass is 10.0. The summed E-state index contributed by atoms with van der Waals surface area (Å²) in [6.45, 7) is 2.77. The summed E-state index contributed by atoms with van der Waals surface area (Å²) in [5.41, 5.74) is 5.03. The lowest BCUT2D eigenvalue weighted by Gasteiger charge is -2.18. The van der Waals surface area contributed by atoms with E-state index in [1.165, 1.54) is 5.56 Å². The Labute approximate surface area is 193 Å². The number of aromatic nitrogens is 1. The standard InChI is InChI=1S/C27H28N2O4/c1-18-7-5-8-19(13-18)17-33-26-20(9-6-12-25(26)32-2)15-29-24(27(30)31)14-21-16-28-23-11-4-3-10-22(21)23/h3-13,16,24,28-29H,14-15,17H2,1-2H3,(H,30,31).